The standard InChI is InChI=1S/C20H16ClF3N4O2/c1-11(26-18-10-25-9-17(21)28-18)12-3-2-4-15(6-12)27-19(30)13-5-14(20(22,23)24)8-16(29)7-13/h2-11,29H,1H3,(H,26,28)(H,27,30)/t11-/m0/s1. The number of phenols is 1. The van der Waals surface area contributed by atoms with Crippen LogP contribution in [0.15, 0.2) is 54.9 Å². The number of phenolic OH excluding ortho intramolecular Hbond substituents is 1. The number of hydrogen-bond acceptors (Lipinski definition) is 5. The van der Waals surface area contributed by atoms with E-state index in [1.165, 1.54) is 12.4 Å². The van der Waals surface area contributed by atoms with Crippen LogP contribution in [0.25, 0.3) is 0 Å². The highest BCUT2D eigenvalue weighted by Crippen LogP contribution is 2.32. The average Bonchev–Trinajstić information content (AvgIpc) is 2.67. The molecule has 3 rings (SSSR count). The molecule has 0 radical (unpaired) electrons. The van der Waals surface area contributed by atoms with Gasteiger partial charge in [-0.15, -0.1) is 0 Å². The fourth-order valence-corrected chi connectivity index (χ4v) is 2.86. The topological polar surface area (TPSA) is 87.1 Å². The third kappa shape index (κ3) is 5.38. The molecule has 0 aliphatic rings. The van der Waals surface area contributed by atoms with Crippen molar-refractivity contribution >= 4 is 29.0 Å². The molecule has 10 heteroatoms. The predicted molar refractivity (Wildman–Crippen MR) is 107 cm³/mol. The van der Waals surface area contributed by atoms with Crippen LogP contribution < -0.4 is 10.6 Å². The Morgan fingerprint density at radius 2 is 1.93 bits per heavy atom. The van der Waals surface area contributed by atoms with Crippen LogP contribution in [0.2, 0.25) is 5.15 Å². The van der Waals surface area contributed by atoms with E-state index in [-0.39, 0.29) is 16.8 Å². The molecule has 0 bridgehead atoms. The highest BCUT2D eigenvalue weighted by Gasteiger charge is 2.32. The van der Waals surface area contributed by atoms with Gasteiger partial charge in [0.2, 0.25) is 0 Å². The Morgan fingerprint density at radius 1 is 1.17 bits per heavy atom. The molecule has 3 aromatic rings. The molecule has 30 heavy (non-hydrogen) atoms. The van der Waals surface area contributed by atoms with Gasteiger partial charge in [0.25, 0.3) is 5.91 Å². The van der Waals surface area contributed by atoms with Crippen molar-refractivity contribution < 1.29 is 23.1 Å². The Hall–Kier alpha value is -3.33. The van der Waals surface area contributed by atoms with Crippen molar-refractivity contribution in [1.29, 1.82) is 0 Å². The Bertz CT molecular complexity index is 1080. The molecule has 1 aromatic heterocycles. The Morgan fingerprint density at radius 3 is 2.63 bits per heavy atom. The van der Waals surface area contributed by atoms with Crippen LogP contribution in [-0.4, -0.2) is 21.0 Å². The van der Waals surface area contributed by atoms with Gasteiger partial charge in [0.1, 0.15) is 16.7 Å². The summed E-state index contributed by atoms with van der Waals surface area (Å²) in [6.07, 6.45) is -1.77. The van der Waals surface area contributed by atoms with Crippen molar-refractivity contribution in [3.8, 4) is 5.75 Å². The summed E-state index contributed by atoms with van der Waals surface area (Å²) < 4.78 is 38.7. The van der Waals surface area contributed by atoms with Gasteiger partial charge in [-0.2, -0.15) is 13.2 Å². The van der Waals surface area contributed by atoms with E-state index in [1.54, 1.807) is 24.3 Å². The first-order valence-corrected chi connectivity index (χ1v) is 9.06. The van der Waals surface area contributed by atoms with E-state index in [4.69, 9.17) is 11.6 Å². The first-order valence-electron chi connectivity index (χ1n) is 8.68. The number of aromatic nitrogens is 2. The summed E-state index contributed by atoms with van der Waals surface area (Å²) in [5.41, 5.74) is -0.267. The molecule has 0 saturated carbocycles. The molecule has 0 aliphatic heterocycles. The highest BCUT2D eigenvalue weighted by atomic mass is 35.5. The second-order valence-corrected chi connectivity index (χ2v) is 6.83. The van der Waals surface area contributed by atoms with Crippen LogP contribution in [0.5, 0.6) is 5.75 Å². The number of rotatable bonds is 5. The molecular weight excluding hydrogens is 421 g/mol. The van der Waals surface area contributed by atoms with Gasteiger partial charge in [0.15, 0.2) is 0 Å². The van der Waals surface area contributed by atoms with Gasteiger partial charge in [0, 0.05) is 11.3 Å². The minimum absolute atomic E-state index is 0.229. The number of aromatic hydroxyl groups is 1. The first kappa shape index (κ1) is 21.4. The maximum Gasteiger partial charge on any atom is 0.416 e. The third-order valence-corrected chi connectivity index (χ3v) is 4.30. The number of anilines is 2. The number of benzene rings is 2. The summed E-state index contributed by atoms with van der Waals surface area (Å²) in [6, 6.07) is 8.74. The molecule has 1 atom stereocenters. The SMILES string of the molecule is C[C@H](Nc1cncc(Cl)n1)c1cccc(NC(=O)c2cc(O)cc(C(F)(F)F)c2)c1. The maximum atomic E-state index is 12.9. The molecule has 0 spiro atoms. The molecule has 0 unspecified atom stereocenters. The smallest absolute Gasteiger partial charge is 0.416 e. The number of hydrogen-bond donors (Lipinski definition) is 3. The maximum absolute atomic E-state index is 12.9. The normalized spacial score (nSPS) is 12.3. The van der Waals surface area contributed by atoms with Crippen LogP contribution in [0, 0.1) is 0 Å². The fraction of sp³-hybridized carbons (Fsp3) is 0.150. The predicted octanol–water partition coefficient (Wildman–Crippen LogP) is 5.28. The van der Waals surface area contributed by atoms with Crippen LogP contribution in [-0.2, 0) is 6.18 Å². The molecule has 1 heterocycles. The molecule has 0 aliphatic carbocycles. The number of nitrogens with zero attached hydrogens (tertiary/aromatic N) is 2. The summed E-state index contributed by atoms with van der Waals surface area (Å²) in [5, 5.41) is 15.4. The van der Waals surface area contributed by atoms with Crippen molar-refractivity contribution in [2.45, 2.75) is 19.1 Å². The second kappa shape index (κ2) is 8.58. The molecule has 2 aromatic carbocycles. The van der Waals surface area contributed by atoms with Gasteiger partial charge < -0.3 is 15.7 Å². The zero-order chi connectivity index (χ0) is 21.9. The van der Waals surface area contributed by atoms with Crippen LogP contribution in [0.4, 0.5) is 24.7 Å². The van der Waals surface area contributed by atoms with E-state index < -0.39 is 23.4 Å². The number of carbonyl (C=O) groups excluding carboxylic acids is 1. The van der Waals surface area contributed by atoms with Crippen molar-refractivity contribution in [3.63, 3.8) is 0 Å². The molecular formula is C20H16ClF3N4O2. The number of carbonyl (C=O) groups is 1. The summed E-state index contributed by atoms with van der Waals surface area (Å²) in [7, 11) is 0. The van der Waals surface area contributed by atoms with Gasteiger partial charge in [-0.3, -0.25) is 9.78 Å². The minimum atomic E-state index is -4.68. The lowest BCUT2D eigenvalue weighted by molar-refractivity contribution is -0.137. The van der Waals surface area contributed by atoms with Gasteiger partial charge in [0.05, 0.1) is 24.0 Å². The van der Waals surface area contributed by atoms with Crippen molar-refractivity contribution in [2.75, 3.05) is 10.6 Å². The quantitative estimate of drug-likeness (QED) is 0.506. The minimum Gasteiger partial charge on any atom is -0.508 e. The van der Waals surface area contributed by atoms with E-state index in [2.05, 4.69) is 20.6 Å². The summed E-state index contributed by atoms with van der Waals surface area (Å²) >= 11 is 5.82. The number of nitrogens with one attached hydrogen (secondary N) is 2. The zero-order valence-electron chi connectivity index (χ0n) is 15.5. The van der Waals surface area contributed by atoms with Crippen LogP contribution in [0.1, 0.15) is 34.5 Å². The van der Waals surface area contributed by atoms with Crippen LogP contribution >= 0.6 is 11.6 Å². The average molecular weight is 437 g/mol. The van der Waals surface area contributed by atoms with Crippen molar-refractivity contribution in [2.24, 2.45) is 0 Å². The van der Waals surface area contributed by atoms with E-state index >= 15 is 0 Å². The van der Waals surface area contributed by atoms with Gasteiger partial charge in [-0.25, -0.2) is 4.98 Å². The number of alkyl halides is 3. The fourth-order valence-electron chi connectivity index (χ4n) is 2.71. The third-order valence-electron chi connectivity index (χ3n) is 4.12. The number of amides is 1. The molecule has 156 valence electrons. The monoisotopic (exact) mass is 436 g/mol. The molecule has 0 saturated heterocycles. The van der Waals surface area contributed by atoms with Crippen molar-refractivity contribution in [3.05, 3.63) is 76.7 Å². The van der Waals surface area contributed by atoms with E-state index in [1.807, 2.05) is 6.92 Å². The van der Waals surface area contributed by atoms with E-state index in [9.17, 15) is 23.1 Å². The lowest BCUT2D eigenvalue weighted by atomic mass is 10.1. The first-order chi connectivity index (χ1) is 14.1. The van der Waals surface area contributed by atoms with Crippen LogP contribution in [0.3, 0.4) is 0 Å². The summed E-state index contributed by atoms with van der Waals surface area (Å²) in [4.78, 5) is 20.4. The summed E-state index contributed by atoms with van der Waals surface area (Å²) in [6.45, 7) is 1.86. The van der Waals surface area contributed by atoms with Gasteiger partial charge in [-0.05, 0) is 42.8 Å². The second-order valence-electron chi connectivity index (χ2n) is 6.44. The van der Waals surface area contributed by atoms with E-state index in [0.29, 0.717) is 23.6 Å². The molecule has 0 fully saturated rings. The Labute approximate surface area is 174 Å². The lowest BCUT2D eigenvalue weighted by Crippen LogP contribution is -2.15. The Kier molecular flexibility index (Phi) is 6.12. The number of halogens is 4. The Balaban J connectivity index is 1.76. The zero-order valence-corrected chi connectivity index (χ0v) is 16.3. The molecule has 6 nitrogen and oxygen atoms in total. The molecule has 1 amide bonds. The van der Waals surface area contributed by atoms with Gasteiger partial charge in [-0.1, -0.05) is 23.7 Å². The highest BCUT2D eigenvalue weighted by molar-refractivity contribution is 6.29. The van der Waals surface area contributed by atoms with E-state index in [0.717, 1.165) is 11.6 Å². The lowest BCUT2D eigenvalue weighted by Gasteiger charge is -2.16. The molecule has 3 N–H and O–H groups in total. The largest absolute Gasteiger partial charge is 0.508 e. The van der Waals surface area contributed by atoms with Gasteiger partial charge >= 0.3 is 6.18 Å². The summed E-state index contributed by atoms with van der Waals surface area (Å²) in [5.74, 6) is -0.970. The van der Waals surface area contributed by atoms with Crippen molar-refractivity contribution in [1.82, 2.24) is 9.97 Å².